The van der Waals surface area contributed by atoms with Gasteiger partial charge in [0, 0.05) is 13.0 Å². The third-order valence-corrected chi connectivity index (χ3v) is 2.29. The third kappa shape index (κ3) is 17.0. The molecule has 0 aliphatic carbocycles. The van der Waals surface area contributed by atoms with Crippen molar-refractivity contribution in [3.05, 3.63) is 0 Å². The van der Waals surface area contributed by atoms with E-state index in [0.29, 0.717) is 39.3 Å². The minimum Gasteiger partial charge on any atom is -0.480 e. The first kappa shape index (κ1) is 20.9. The zero-order chi connectivity index (χ0) is 16.6. The van der Waals surface area contributed by atoms with Crippen LogP contribution in [0.1, 0.15) is 12.8 Å². The Labute approximate surface area is 129 Å². The zero-order valence-corrected chi connectivity index (χ0v) is 12.7. The van der Waals surface area contributed by atoms with Crippen molar-refractivity contribution < 1.29 is 33.6 Å². The summed E-state index contributed by atoms with van der Waals surface area (Å²) in [7, 11) is 0. The number of aliphatic carboxylic acids is 1. The second-order valence-electron chi connectivity index (χ2n) is 4.49. The number of nitrogens with two attached hydrogens (primary N) is 2. The molecule has 22 heavy (non-hydrogen) atoms. The van der Waals surface area contributed by atoms with E-state index in [9.17, 15) is 9.59 Å². The van der Waals surface area contributed by atoms with Crippen molar-refractivity contribution >= 4 is 11.8 Å². The molecule has 0 aromatic rings. The van der Waals surface area contributed by atoms with Gasteiger partial charge >= 0.3 is 5.97 Å². The molecule has 0 aromatic heterocycles. The van der Waals surface area contributed by atoms with E-state index in [0.717, 1.165) is 0 Å². The van der Waals surface area contributed by atoms with E-state index >= 15 is 0 Å². The molecule has 0 radical (unpaired) electrons. The smallest absolute Gasteiger partial charge is 0.329 e. The van der Waals surface area contributed by atoms with Gasteiger partial charge in [0.2, 0.25) is 0 Å². The molecule has 0 aliphatic heterocycles. The van der Waals surface area contributed by atoms with Crippen LogP contribution in [0.5, 0.6) is 0 Å². The Kier molecular flexibility index (Phi) is 14.1. The SMILES string of the molecule is NC(N)COCCOCC(=O)CCCOCCOCC(=O)O. The molecule has 0 aliphatic rings. The first-order valence-corrected chi connectivity index (χ1v) is 7.08. The maximum absolute atomic E-state index is 11.4. The molecule has 130 valence electrons. The van der Waals surface area contributed by atoms with E-state index in [1.165, 1.54) is 0 Å². The summed E-state index contributed by atoms with van der Waals surface area (Å²) in [5.74, 6) is -1.02. The van der Waals surface area contributed by atoms with Crippen LogP contribution in [0.15, 0.2) is 0 Å². The summed E-state index contributed by atoms with van der Waals surface area (Å²) in [6.45, 7) is 1.56. The zero-order valence-electron chi connectivity index (χ0n) is 12.7. The highest BCUT2D eigenvalue weighted by Gasteiger charge is 2.02. The number of hydrogen-bond acceptors (Lipinski definition) is 8. The lowest BCUT2D eigenvalue weighted by Gasteiger charge is -2.07. The van der Waals surface area contributed by atoms with Gasteiger partial charge in [0.25, 0.3) is 0 Å². The summed E-state index contributed by atoms with van der Waals surface area (Å²) in [5.41, 5.74) is 10.6. The first-order chi connectivity index (χ1) is 10.5. The molecule has 0 fully saturated rings. The quantitative estimate of drug-likeness (QED) is 0.234. The highest BCUT2D eigenvalue weighted by atomic mass is 16.5. The molecule has 0 unspecified atom stereocenters. The lowest BCUT2D eigenvalue weighted by atomic mass is 10.2. The van der Waals surface area contributed by atoms with Crippen LogP contribution >= 0.6 is 0 Å². The van der Waals surface area contributed by atoms with Crippen LogP contribution in [-0.4, -0.2) is 75.9 Å². The van der Waals surface area contributed by atoms with Crippen molar-refractivity contribution in [2.45, 2.75) is 19.0 Å². The van der Waals surface area contributed by atoms with Crippen LogP contribution in [0, 0.1) is 0 Å². The fourth-order valence-electron chi connectivity index (χ4n) is 1.35. The molecular weight excluding hydrogens is 296 g/mol. The van der Waals surface area contributed by atoms with Crippen molar-refractivity contribution in [1.82, 2.24) is 0 Å². The van der Waals surface area contributed by atoms with Crippen molar-refractivity contribution in [1.29, 1.82) is 0 Å². The normalized spacial score (nSPS) is 11.0. The Bertz CT molecular complexity index is 300. The number of ether oxygens (including phenoxy) is 4. The van der Waals surface area contributed by atoms with Crippen LogP contribution in [0.2, 0.25) is 0 Å². The molecule has 5 N–H and O–H groups in total. The van der Waals surface area contributed by atoms with Crippen LogP contribution < -0.4 is 11.5 Å². The summed E-state index contributed by atoms with van der Waals surface area (Å²) in [5, 5.41) is 8.32. The van der Waals surface area contributed by atoms with E-state index in [2.05, 4.69) is 0 Å². The average molecular weight is 322 g/mol. The molecule has 9 heteroatoms. The van der Waals surface area contributed by atoms with Gasteiger partial charge in [-0.2, -0.15) is 0 Å². The lowest BCUT2D eigenvalue weighted by Crippen LogP contribution is -2.35. The van der Waals surface area contributed by atoms with Gasteiger partial charge in [-0.25, -0.2) is 4.79 Å². The minimum absolute atomic E-state index is 0.0127. The fraction of sp³-hybridized carbons (Fsp3) is 0.846. The van der Waals surface area contributed by atoms with Crippen LogP contribution in [-0.2, 0) is 28.5 Å². The number of hydrogen-bond donors (Lipinski definition) is 3. The Hall–Kier alpha value is -1.10. The summed E-state index contributed by atoms with van der Waals surface area (Å²) in [4.78, 5) is 21.6. The molecular formula is C13H26N2O7. The monoisotopic (exact) mass is 322 g/mol. The Morgan fingerprint density at radius 1 is 0.864 bits per heavy atom. The topological polar surface area (TPSA) is 143 Å². The largest absolute Gasteiger partial charge is 0.480 e. The number of carbonyl (C=O) groups excluding carboxylic acids is 1. The maximum Gasteiger partial charge on any atom is 0.329 e. The number of rotatable bonds is 16. The molecule has 9 nitrogen and oxygen atoms in total. The molecule has 0 aromatic carbocycles. The van der Waals surface area contributed by atoms with Crippen LogP contribution in [0.25, 0.3) is 0 Å². The third-order valence-electron chi connectivity index (χ3n) is 2.29. The number of carboxylic acids is 1. The van der Waals surface area contributed by atoms with Crippen molar-refractivity contribution in [3.63, 3.8) is 0 Å². The Morgan fingerprint density at radius 2 is 1.45 bits per heavy atom. The van der Waals surface area contributed by atoms with Crippen molar-refractivity contribution in [2.24, 2.45) is 11.5 Å². The Morgan fingerprint density at radius 3 is 2.09 bits per heavy atom. The van der Waals surface area contributed by atoms with E-state index in [1.807, 2.05) is 0 Å². The van der Waals surface area contributed by atoms with E-state index < -0.39 is 12.1 Å². The number of Topliss-reactive ketones (excluding diaryl/α,β-unsaturated/α-hetero) is 1. The molecule has 0 atom stereocenters. The van der Waals surface area contributed by atoms with Crippen LogP contribution in [0.3, 0.4) is 0 Å². The predicted octanol–water partition coefficient (Wildman–Crippen LogP) is -1.27. The van der Waals surface area contributed by atoms with Gasteiger partial charge in [0.1, 0.15) is 13.2 Å². The summed E-state index contributed by atoms with van der Waals surface area (Å²) >= 11 is 0. The minimum atomic E-state index is -1.01. The number of ketones is 1. The number of carboxylic acid groups (broad SMARTS) is 1. The lowest BCUT2D eigenvalue weighted by molar-refractivity contribution is -0.142. The number of carbonyl (C=O) groups is 2. The summed E-state index contributed by atoms with van der Waals surface area (Å²) < 4.78 is 20.2. The van der Waals surface area contributed by atoms with E-state index in [1.54, 1.807) is 0 Å². The highest BCUT2D eigenvalue weighted by Crippen LogP contribution is 1.94. The highest BCUT2D eigenvalue weighted by molar-refractivity contribution is 5.79. The molecule has 0 amide bonds. The molecule has 0 rings (SSSR count). The fourth-order valence-corrected chi connectivity index (χ4v) is 1.35. The van der Waals surface area contributed by atoms with Gasteiger partial charge in [-0.05, 0) is 6.42 Å². The predicted molar refractivity (Wildman–Crippen MR) is 77.3 cm³/mol. The van der Waals surface area contributed by atoms with E-state index in [-0.39, 0.29) is 32.2 Å². The molecule has 0 spiro atoms. The summed E-state index contributed by atoms with van der Waals surface area (Å²) in [6, 6.07) is 0. The average Bonchev–Trinajstić information content (AvgIpc) is 2.44. The second-order valence-corrected chi connectivity index (χ2v) is 4.49. The van der Waals surface area contributed by atoms with Crippen LogP contribution in [0.4, 0.5) is 0 Å². The van der Waals surface area contributed by atoms with Gasteiger partial charge in [0.05, 0.1) is 39.2 Å². The molecule has 0 saturated carbocycles. The molecule has 0 bridgehead atoms. The van der Waals surface area contributed by atoms with Gasteiger partial charge in [-0.1, -0.05) is 0 Å². The second kappa shape index (κ2) is 14.8. The van der Waals surface area contributed by atoms with Gasteiger partial charge < -0.3 is 35.5 Å². The van der Waals surface area contributed by atoms with Crippen molar-refractivity contribution in [2.75, 3.05) is 52.9 Å². The van der Waals surface area contributed by atoms with Crippen molar-refractivity contribution in [3.8, 4) is 0 Å². The first-order valence-electron chi connectivity index (χ1n) is 7.08. The molecule has 0 heterocycles. The standard InChI is InChI=1S/C13H26N2O7/c14-12(15)9-21-7-6-20-8-11(16)2-1-3-19-4-5-22-10-13(17)18/h12H,1-10,14-15H2,(H,17,18). The van der Waals surface area contributed by atoms with E-state index in [4.69, 9.17) is 35.5 Å². The summed E-state index contributed by atoms with van der Waals surface area (Å²) in [6.07, 6.45) is 0.445. The maximum atomic E-state index is 11.4. The Balaban J connectivity index is 3.21. The van der Waals surface area contributed by atoms with Gasteiger partial charge in [0.15, 0.2) is 5.78 Å². The van der Waals surface area contributed by atoms with Gasteiger partial charge in [-0.3, -0.25) is 4.79 Å². The molecule has 0 saturated heterocycles. The van der Waals surface area contributed by atoms with Gasteiger partial charge in [-0.15, -0.1) is 0 Å².